The molecule has 1 aliphatic heterocycles. The molecule has 4 rings (SSSR count). The molecular formula is C20H19N5O3S2. The van der Waals surface area contributed by atoms with E-state index in [1.165, 1.54) is 23.1 Å². The summed E-state index contributed by atoms with van der Waals surface area (Å²) in [5.74, 6) is 0.470. The SMILES string of the molecule is COc1ccccc1N1C[C@@H](C(=O)Nc2nnc(SCc3ccccn3)s2)CC1=O. The Morgan fingerprint density at radius 1 is 1.27 bits per heavy atom. The zero-order valence-electron chi connectivity index (χ0n) is 16.1. The van der Waals surface area contributed by atoms with Crippen LogP contribution in [0.25, 0.3) is 0 Å². The predicted octanol–water partition coefficient (Wildman–Crippen LogP) is 3.23. The van der Waals surface area contributed by atoms with Crippen LogP contribution >= 0.6 is 23.1 Å². The summed E-state index contributed by atoms with van der Waals surface area (Å²) in [4.78, 5) is 31.0. The van der Waals surface area contributed by atoms with Crippen molar-refractivity contribution in [1.82, 2.24) is 15.2 Å². The van der Waals surface area contributed by atoms with E-state index in [-0.39, 0.29) is 18.2 Å². The Kier molecular flexibility index (Phi) is 6.24. The van der Waals surface area contributed by atoms with Crippen molar-refractivity contribution in [2.45, 2.75) is 16.5 Å². The molecule has 10 heteroatoms. The van der Waals surface area contributed by atoms with Crippen molar-refractivity contribution < 1.29 is 14.3 Å². The van der Waals surface area contributed by atoms with Crippen molar-refractivity contribution in [2.75, 3.05) is 23.9 Å². The van der Waals surface area contributed by atoms with Crippen molar-refractivity contribution in [2.24, 2.45) is 5.92 Å². The van der Waals surface area contributed by atoms with Crippen molar-refractivity contribution >= 4 is 45.7 Å². The Morgan fingerprint density at radius 3 is 2.90 bits per heavy atom. The second-order valence-electron chi connectivity index (χ2n) is 6.55. The van der Waals surface area contributed by atoms with E-state index in [0.717, 1.165) is 10.0 Å². The molecule has 8 nitrogen and oxygen atoms in total. The lowest BCUT2D eigenvalue weighted by Gasteiger charge is -2.19. The second kappa shape index (κ2) is 9.23. The number of aromatic nitrogens is 3. The molecular weight excluding hydrogens is 422 g/mol. The van der Waals surface area contributed by atoms with E-state index in [2.05, 4.69) is 20.5 Å². The first-order chi connectivity index (χ1) is 14.6. The highest BCUT2D eigenvalue weighted by atomic mass is 32.2. The standard InChI is InChI=1S/C20H19N5O3S2/c1-28-16-8-3-2-7-15(16)25-11-13(10-17(25)26)18(27)22-19-23-24-20(30-19)29-12-14-6-4-5-9-21-14/h2-9,13H,10-12H2,1H3,(H,22,23,27)/t13-/m0/s1. The first-order valence-electron chi connectivity index (χ1n) is 9.24. The van der Waals surface area contributed by atoms with Gasteiger partial charge in [0.1, 0.15) is 5.75 Å². The number of rotatable bonds is 7. The number of para-hydroxylation sites is 2. The van der Waals surface area contributed by atoms with Gasteiger partial charge >= 0.3 is 0 Å². The van der Waals surface area contributed by atoms with Gasteiger partial charge in [-0.25, -0.2) is 0 Å². The van der Waals surface area contributed by atoms with Crippen LogP contribution in [0.5, 0.6) is 5.75 Å². The fraction of sp³-hybridized carbons (Fsp3) is 0.250. The molecule has 30 heavy (non-hydrogen) atoms. The summed E-state index contributed by atoms with van der Waals surface area (Å²) < 4.78 is 6.08. The van der Waals surface area contributed by atoms with Crippen molar-refractivity contribution in [3.63, 3.8) is 0 Å². The number of benzene rings is 1. The van der Waals surface area contributed by atoms with E-state index in [1.807, 2.05) is 36.4 Å². The average Bonchev–Trinajstić information content (AvgIpc) is 3.39. The molecule has 0 aliphatic carbocycles. The molecule has 3 aromatic rings. The van der Waals surface area contributed by atoms with Gasteiger partial charge in [-0.15, -0.1) is 10.2 Å². The number of pyridine rings is 1. The minimum absolute atomic E-state index is 0.108. The minimum Gasteiger partial charge on any atom is -0.495 e. The highest BCUT2D eigenvalue weighted by molar-refractivity contribution is 8.00. The van der Waals surface area contributed by atoms with Crippen molar-refractivity contribution in [3.8, 4) is 5.75 Å². The summed E-state index contributed by atoms with van der Waals surface area (Å²) in [6.07, 6.45) is 1.89. The molecule has 3 heterocycles. The zero-order valence-corrected chi connectivity index (χ0v) is 17.8. The summed E-state index contributed by atoms with van der Waals surface area (Å²) in [5.41, 5.74) is 1.62. The van der Waals surface area contributed by atoms with Crippen molar-refractivity contribution in [1.29, 1.82) is 0 Å². The van der Waals surface area contributed by atoms with Gasteiger partial charge in [0.05, 0.1) is 24.4 Å². The van der Waals surface area contributed by atoms with Gasteiger partial charge in [0.15, 0.2) is 4.34 Å². The number of carbonyl (C=O) groups is 2. The number of hydrogen-bond acceptors (Lipinski definition) is 8. The fourth-order valence-corrected chi connectivity index (χ4v) is 4.78. The number of amides is 2. The van der Waals surface area contributed by atoms with Crippen LogP contribution in [0, 0.1) is 5.92 Å². The van der Waals surface area contributed by atoms with Crippen LogP contribution < -0.4 is 15.0 Å². The average molecular weight is 442 g/mol. The lowest BCUT2D eigenvalue weighted by Crippen LogP contribution is -2.28. The van der Waals surface area contributed by atoms with Gasteiger partial charge in [-0.1, -0.05) is 41.3 Å². The van der Waals surface area contributed by atoms with Crippen molar-refractivity contribution in [3.05, 3.63) is 54.4 Å². The van der Waals surface area contributed by atoms with Gasteiger partial charge in [0.25, 0.3) is 0 Å². The summed E-state index contributed by atoms with van der Waals surface area (Å²) in [6, 6.07) is 13.0. The monoisotopic (exact) mass is 441 g/mol. The zero-order chi connectivity index (χ0) is 20.9. The molecule has 2 amide bonds. The lowest BCUT2D eigenvalue weighted by atomic mass is 10.1. The molecule has 1 fully saturated rings. The Hall–Kier alpha value is -2.98. The topological polar surface area (TPSA) is 97.3 Å². The number of hydrogen-bond donors (Lipinski definition) is 1. The Labute approximate surface area is 181 Å². The molecule has 1 aliphatic rings. The van der Waals surface area contributed by atoms with E-state index >= 15 is 0 Å². The van der Waals surface area contributed by atoms with E-state index in [1.54, 1.807) is 24.3 Å². The van der Waals surface area contributed by atoms with Gasteiger partial charge in [-0.05, 0) is 24.3 Å². The van der Waals surface area contributed by atoms with Crippen LogP contribution in [0.15, 0.2) is 53.0 Å². The number of anilines is 2. The summed E-state index contributed by atoms with van der Waals surface area (Å²) in [5, 5.41) is 11.4. The third-order valence-electron chi connectivity index (χ3n) is 4.58. The predicted molar refractivity (Wildman–Crippen MR) is 116 cm³/mol. The van der Waals surface area contributed by atoms with Gasteiger partial charge in [0, 0.05) is 24.9 Å². The van der Waals surface area contributed by atoms with Crippen LogP contribution in [0.2, 0.25) is 0 Å². The van der Waals surface area contributed by atoms with Crippen LogP contribution in [0.4, 0.5) is 10.8 Å². The summed E-state index contributed by atoms with van der Waals surface area (Å²) in [6.45, 7) is 0.297. The summed E-state index contributed by atoms with van der Waals surface area (Å²) >= 11 is 2.82. The highest BCUT2D eigenvalue weighted by Gasteiger charge is 2.36. The Bertz CT molecular complexity index is 1040. The molecule has 0 unspecified atom stereocenters. The first kappa shape index (κ1) is 20.3. The maximum absolute atomic E-state index is 12.7. The number of methoxy groups -OCH3 is 1. The van der Waals surface area contributed by atoms with Gasteiger partial charge in [-0.3, -0.25) is 14.6 Å². The Morgan fingerprint density at radius 2 is 2.10 bits per heavy atom. The molecule has 154 valence electrons. The van der Waals surface area contributed by atoms with E-state index < -0.39 is 5.92 Å². The molecule has 1 atom stereocenters. The maximum Gasteiger partial charge on any atom is 0.231 e. The molecule has 1 saturated heterocycles. The van der Waals surface area contributed by atoms with Gasteiger partial charge < -0.3 is 15.0 Å². The van der Waals surface area contributed by atoms with Gasteiger partial charge in [0.2, 0.25) is 16.9 Å². The number of nitrogens with one attached hydrogen (secondary N) is 1. The van der Waals surface area contributed by atoms with E-state index in [0.29, 0.717) is 28.9 Å². The molecule has 1 aromatic carbocycles. The number of carbonyl (C=O) groups excluding carboxylic acids is 2. The first-order valence-corrected chi connectivity index (χ1v) is 11.0. The minimum atomic E-state index is -0.462. The molecule has 2 aromatic heterocycles. The number of nitrogens with zero attached hydrogens (tertiary/aromatic N) is 4. The molecule has 0 radical (unpaired) electrons. The number of ether oxygens (including phenoxy) is 1. The van der Waals surface area contributed by atoms with Crippen LogP contribution in [0.1, 0.15) is 12.1 Å². The molecule has 0 bridgehead atoms. The maximum atomic E-state index is 12.7. The van der Waals surface area contributed by atoms with Crippen LogP contribution in [-0.4, -0.2) is 40.7 Å². The van der Waals surface area contributed by atoms with E-state index in [4.69, 9.17) is 4.74 Å². The lowest BCUT2D eigenvalue weighted by molar-refractivity contribution is -0.122. The second-order valence-corrected chi connectivity index (χ2v) is 8.75. The largest absolute Gasteiger partial charge is 0.495 e. The molecule has 1 N–H and O–H groups in total. The normalized spacial score (nSPS) is 16.0. The van der Waals surface area contributed by atoms with E-state index in [9.17, 15) is 9.59 Å². The third kappa shape index (κ3) is 4.60. The quantitative estimate of drug-likeness (QED) is 0.444. The summed E-state index contributed by atoms with van der Waals surface area (Å²) in [7, 11) is 1.56. The molecule has 0 spiro atoms. The Balaban J connectivity index is 1.35. The molecule has 0 saturated carbocycles. The fourth-order valence-electron chi connectivity index (χ4n) is 3.11. The van der Waals surface area contributed by atoms with Crippen LogP contribution in [-0.2, 0) is 15.3 Å². The highest BCUT2D eigenvalue weighted by Crippen LogP contribution is 2.33. The number of thioether (sulfide) groups is 1. The third-order valence-corrected chi connectivity index (χ3v) is 6.58. The van der Waals surface area contributed by atoms with Crippen LogP contribution in [0.3, 0.4) is 0 Å². The van der Waals surface area contributed by atoms with Gasteiger partial charge in [-0.2, -0.15) is 0 Å². The smallest absolute Gasteiger partial charge is 0.231 e.